The van der Waals surface area contributed by atoms with Crippen molar-refractivity contribution in [1.82, 2.24) is 0 Å². The molecule has 9 aliphatic carbocycles. The Kier molecular flexibility index (Phi) is 9.48. The molecule has 10 aliphatic rings. The Morgan fingerprint density at radius 1 is 0.510 bits per heavy atom. The first-order chi connectivity index (χ1) is 25.3. The molecule has 0 amide bonds. The normalized spacial score (nSPS) is 46.0. The molecule has 1 heteroatoms. The fraction of sp³-hybridized carbons (Fsp3) is 0.680. The zero-order chi connectivity index (χ0) is 33.7. The van der Waals surface area contributed by atoms with Gasteiger partial charge in [0.2, 0.25) is 0 Å². The molecule has 0 bridgehead atoms. The molecule has 0 radical (unpaired) electrons. The van der Waals surface area contributed by atoms with Gasteiger partial charge in [0.15, 0.2) is 0 Å². The summed E-state index contributed by atoms with van der Waals surface area (Å²) in [6.07, 6.45) is 58.0. The number of ether oxygens (including phenoxy) is 1. The minimum absolute atomic E-state index is 0.472. The van der Waals surface area contributed by atoms with Gasteiger partial charge in [0.1, 0.15) is 11.9 Å². The average Bonchev–Trinajstić information content (AvgIpc) is 3.59. The molecule has 3 fully saturated rings. The van der Waals surface area contributed by atoms with Crippen LogP contribution in [-0.4, -0.2) is 6.10 Å². The molecular formula is C50H66O. The summed E-state index contributed by atoms with van der Waals surface area (Å²) >= 11 is 0. The molecule has 1 aliphatic heterocycles. The maximum Gasteiger partial charge on any atom is 0.119 e. The highest BCUT2D eigenvalue weighted by Gasteiger charge is 2.58. The van der Waals surface area contributed by atoms with Crippen LogP contribution >= 0.6 is 0 Å². The summed E-state index contributed by atoms with van der Waals surface area (Å²) < 4.78 is 6.78. The molecule has 0 saturated heterocycles. The topological polar surface area (TPSA) is 9.23 Å². The first-order valence-corrected chi connectivity index (χ1v) is 22.4. The molecule has 3 saturated carbocycles. The van der Waals surface area contributed by atoms with Gasteiger partial charge < -0.3 is 4.74 Å². The third kappa shape index (κ3) is 6.11. The van der Waals surface area contributed by atoms with Crippen molar-refractivity contribution in [3.63, 3.8) is 0 Å². The molecule has 10 rings (SSSR count). The van der Waals surface area contributed by atoms with Crippen molar-refractivity contribution in [2.45, 2.75) is 135 Å². The summed E-state index contributed by atoms with van der Waals surface area (Å²) in [6, 6.07) is 0. The molecule has 1 nitrogen and oxygen atoms in total. The molecular weight excluding hydrogens is 617 g/mol. The summed E-state index contributed by atoms with van der Waals surface area (Å²) in [5, 5.41) is 0. The standard InChI is InChI=1S/C50H66O/c1-3-15-33(16-4-1)35-19-13-20-37(31-35)48-41-23-9-10-24-42(41)49(40-22-8-7-21-38(40)34-17-5-2-6-18-34)43-30-29-36(32-45(43)48)39-26-14-28-47-50(39)44-25-11-12-27-46(44)51-47/h1-3,5,7-10,12,15,19,27,34,36-43,45,47-50H,4,6,11,13-14,16-18,20-26,28-32H2. The van der Waals surface area contributed by atoms with Gasteiger partial charge in [-0.2, -0.15) is 0 Å². The Morgan fingerprint density at radius 2 is 1.29 bits per heavy atom. The van der Waals surface area contributed by atoms with Crippen molar-refractivity contribution in [3.8, 4) is 0 Å². The zero-order valence-electron chi connectivity index (χ0n) is 31.6. The number of fused-ring (bicyclic) bond motifs is 4. The van der Waals surface area contributed by atoms with Crippen LogP contribution in [-0.2, 0) is 4.74 Å². The van der Waals surface area contributed by atoms with Crippen molar-refractivity contribution in [1.29, 1.82) is 0 Å². The number of rotatable bonds is 5. The Labute approximate surface area is 310 Å². The lowest BCUT2D eigenvalue weighted by atomic mass is 9.43. The van der Waals surface area contributed by atoms with Gasteiger partial charge in [-0.05, 0) is 222 Å². The summed E-state index contributed by atoms with van der Waals surface area (Å²) in [6.45, 7) is 0. The Bertz CT molecular complexity index is 1540. The second-order valence-electron chi connectivity index (χ2n) is 19.2. The van der Waals surface area contributed by atoms with Crippen LogP contribution < -0.4 is 0 Å². The molecule has 272 valence electrons. The lowest BCUT2D eigenvalue weighted by Gasteiger charge is -2.61. The van der Waals surface area contributed by atoms with Gasteiger partial charge >= 0.3 is 0 Å². The second-order valence-corrected chi connectivity index (χ2v) is 19.2. The minimum atomic E-state index is 0.472. The van der Waals surface area contributed by atoms with E-state index in [2.05, 4.69) is 72.9 Å². The van der Waals surface area contributed by atoms with E-state index in [1.165, 1.54) is 134 Å². The number of hydrogen-bond acceptors (Lipinski definition) is 1. The highest BCUT2D eigenvalue weighted by molar-refractivity contribution is 5.37. The van der Waals surface area contributed by atoms with Gasteiger partial charge in [0.05, 0.1) is 0 Å². The van der Waals surface area contributed by atoms with E-state index in [-0.39, 0.29) is 0 Å². The van der Waals surface area contributed by atoms with Crippen molar-refractivity contribution >= 4 is 0 Å². The maximum absolute atomic E-state index is 6.78. The van der Waals surface area contributed by atoms with E-state index >= 15 is 0 Å². The quantitative estimate of drug-likeness (QED) is 0.262. The lowest BCUT2D eigenvalue weighted by molar-refractivity contribution is -0.120. The van der Waals surface area contributed by atoms with E-state index in [9.17, 15) is 0 Å². The maximum atomic E-state index is 6.78. The molecule has 0 aromatic carbocycles. The van der Waals surface area contributed by atoms with E-state index in [0.717, 1.165) is 71.0 Å². The van der Waals surface area contributed by atoms with E-state index in [1.807, 2.05) is 0 Å². The van der Waals surface area contributed by atoms with Crippen molar-refractivity contribution in [3.05, 3.63) is 95.4 Å². The van der Waals surface area contributed by atoms with Crippen LogP contribution in [0.1, 0.15) is 128 Å². The lowest BCUT2D eigenvalue weighted by Crippen LogP contribution is -2.55. The molecule has 1 heterocycles. The Morgan fingerprint density at radius 3 is 2.12 bits per heavy atom. The molecule has 14 unspecified atom stereocenters. The highest BCUT2D eigenvalue weighted by atomic mass is 16.5. The summed E-state index contributed by atoms with van der Waals surface area (Å²) in [5.74, 6) is 12.9. The number of hydrogen-bond donors (Lipinski definition) is 0. The predicted molar refractivity (Wildman–Crippen MR) is 211 cm³/mol. The van der Waals surface area contributed by atoms with Gasteiger partial charge in [0, 0.05) is 5.92 Å². The average molecular weight is 683 g/mol. The van der Waals surface area contributed by atoms with Crippen molar-refractivity contribution in [2.24, 2.45) is 76.9 Å². The summed E-state index contributed by atoms with van der Waals surface area (Å²) in [5.41, 5.74) is 5.16. The van der Waals surface area contributed by atoms with Crippen LogP contribution in [0.25, 0.3) is 0 Å². The third-order valence-electron chi connectivity index (χ3n) is 17.2. The summed E-state index contributed by atoms with van der Waals surface area (Å²) in [4.78, 5) is 0. The molecule has 14 atom stereocenters. The van der Waals surface area contributed by atoms with Crippen LogP contribution in [0.15, 0.2) is 95.4 Å². The fourth-order valence-corrected chi connectivity index (χ4v) is 15.3. The first kappa shape index (κ1) is 33.3. The minimum Gasteiger partial charge on any atom is -0.490 e. The molecule has 0 aromatic heterocycles. The van der Waals surface area contributed by atoms with E-state index < -0.39 is 0 Å². The Balaban J connectivity index is 1.01. The predicted octanol–water partition coefficient (Wildman–Crippen LogP) is 13.2. The Hall–Kier alpha value is -2.28. The molecule has 0 aromatic rings. The van der Waals surface area contributed by atoms with Crippen LogP contribution in [0.4, 0.5) is 0 Å². The monoisotopic (exact) mass is 683 g/mol. The smallest absolute Gasteiger partial charge is 0.119 e. The molecule has 0 N–H and O–H groups in total. The largest absolute Gasteiger partial charge is 0.490 e. The van der Waals surface area contributed by atoms with Crippen molar-refractivity contribution < 1.29 is 4.74 Å². The van der Waals surface area contributed by atoms with Gasteiger partial charge in [0.25, 0.3) is 0 Å². The van der Waals surface area contributed by atoms with Crippen LogP contribution in [0.3, 0.4) is 0 Å². The highest BCUT2D eigenvalue weighted by Crippen LogP contribution is 2.65. The van der Waals surface area contributed by atoms with Gasteiger partial charge in [-0.25, -0.2) is 0 Å². The second kappa shape index (κ2) is 14.5. The van der Waals surface area contributed by atoms with Gasteiger partial charge in [-0.1, -0.05) is 66.8 Å². The van der Waals surface area contributed by atoms with Gasteiger partial charge in [-0.15, -0.1) is 0 Å². The van der Waals surface area contributed by atoms with Crippen LogP contribution in [0, 0.1) is 76.9 Å². The fourth-order valence-electron chi connectivity index (χ4n) is 15.3. The SMILES string of the molecule is C1=CCCC(C2=CCCC(C3C4CC=CCC4C(C4CC=CCC4C4CC=CCC4)C4CCC(C5CCCC6OC7=C(CCC=C7)C65)CC43)C2)=C1. The van der Waals surface area contributed by atoms with Crippen LogP contribution in [0.5, 0.6) is 0 Å². The van der Waals surface area contributed by atoms with E-state index in [1.54, 1.807) is 16.7 Å². The number of allylic oxidation sites excluding steroid dienone is 14. The van der Waals surface area contributed by atoms with Gasteiger partial charge in [-0.3, -0.25) is 0 Å². The van der Waals surface area contributed by atoms with E-state index in [4.69, 9.17) is 4.74 Å². The van der Waals surface area contributed by atoms with E-state index in [0.29, 0.717) is 12.0 Å². The van der Waals surface area contributed by atoms with Crippen molar-refractivity contribution in [2.75, 3.05) is 0 Å². The first-order valence-electron chi connectivity index (χ1n) is 22.4. The third-order valence-corrected chi connectivity index (χ3v) is 17.2. The molecule has 0 spiro atoms. The summed E-state index contributed by atoms with van der Waals surface area (Å²) in [7, 11) is 0. The van der Waals surface area contributed by atoms with Crippen LogP contribution in [0.2, 0.25) is 0 Å². The zero-order valence-corrected chi connectivity index (χ0v) is 31.6. The molecule has 51 heavy (non-hydrogen) atoms.